The normalized spacial score (nSPS) is 56.0. The third kappa shape index (κ3) is 2.85. The molecule has 0 amide bonds. The Bertz CT molecular complexity index is 494. The van der Waals surface area contributed by atoms with Crippen molar-refractivity contribution in [3.63, 3.8) is 0 Å². The summed E-state index contributed by atoms with van der Waals surface area (Å²) in [4.78, 5) is 0.418. The number of fused-ring (bicyclic) bond motifs is 2. The second kappa shape index (κ2) is 5.57. The molecule has 0 spiro atoms. The van der Waals surface area contributed by atoms with Gasteiger partial charge in [0.05, 0.1) is 22.4 Å². The van der Waals surface area contributed by atoms with Crippen LogP contribution in [0, 0.1) is 11.8 Å². The van der Waals surface area contributed by atoms with Crippen molar-refractivity contribution >= 4 is 15.9 Å². The maximum Gasteiger partial charge on any atom is 0.0840 e. The summed E-state index contributed by atoms with van der Waals surface area (Å²) in [7, 11) is 0. The number of hydrogen-bond acceptors (Lipinski definition) is 2. The van der Waals surface area contributed by atoms with E-state index in [-0.39, 0.29) is 22.4 Å². The van der Waals surface area contributed by atoms with Gasteiger partial charge in [-0.2, -0.15) is 0 Å². The van der Waals surface area contributed by atoms with E-state index in [1.165, 1.54) is 19.3 Å². The maximum atomic E-state index is 6.55. The molecule has 3 fully saturated rings. The highest BCUT2D eigenvalue weighted by molar-refractivity contribution is 9.09. The molecule has 7 atom stereocenters. The van der Waals surface area contributed by atoms with Crippen LogP contribution in [-0.4, -0.2) is 27.2 Å². The molecule has 2 nitrogen and oxygen atoms in total. The van der Waals surface area contributed by atoms with Crippen molar-refractivity contribution in [3.05, 3.63) is 12.7 Å². The van der Waals surface area contributed by atoms with Crippen molar-refractivity contribution in [1.29, 1.82) is 0 Å². The van der Waals surface area contributed by atoms with Gasteiger partial charge in [-0.15, -0.1) is 6.58 Å². The second-order valence-corrected chi connectivity index (χ2v) is 10.2. The quantitative estimate of drug-likeness (QED) is 0.461. The van der Waals surface area contributed by atoms with Gasteiger partial charge in [0.15, 0.2) is 0 Å². The van der Waals surface area contributed by atoms with E-state index >= 15 is 0 Å². The van der Waals surface area contributed by atoms with Gasteiger partial charge in [0.25, 0.3) is 0 Å². The van der Waals surface area contributed by atoms with Gasteiger partial charge in [-0.1, -0.05) is 28.9 Å². The molecule has 3 aliphatic heterocycles. The molecule has 3 heteroatoms. The second-order valence-electron chi connectivity index (χ2n) is 9.10. The Kier molecular flexibility index (Phi) is 4.35. The van der Waals surface area contributed by atoms with Crippen LogP contribution in [0.2, 0.25) is 0 Å². The fraction of sp³-hybridized carbons (Fsp3) is 0.900. The fourth-order valence-corrected chi connectivity index (χ4v) is 5.93. The van der Waals surface area contributed by atoms with Gasteiger partial charge in [-0.05, 0) is 78.1 Å². The minimum atomic E-state index is -0.189. The first-order valence-electron chi connectivity index (χ1n) is 9.24. The van der Waals surface area contributed by atoms with Crippen molar-refractivity contribution in [3.8, 4) is 0 Å². The first kappa shape index (κ1) is 17.9. The highest BCUT2D eigenvalue weighted by atomic mass is 79.9. The number of hydrogen-bond donors (Lipinski definition) is 0. The summed E-state index contributed by atoms with van der Waals surface area (Å²) < 4.78 is 13.0. The van der Waals surface area contributed by atoms with Gasteiger partial charge in [0.1, 0.15) is 0 Å². The van der Waals surface area contributed by atoms with Crippen LogP contribution >= 0.6 is 15.9 Å². The predicted octanol–water partition coefficient (Wildman–Crippen LogP) is 5.64. The fourth-order valence-electron chi connectivity index (χ4n) is 5.38. The molecule has 132 valence electrons. The zero-order chi connectivity index (χ0) is 17.1. The molecule has 0 radical (unpaired) electrons. The van der Waals surface area contributed by atoms with Crippen LogP contribution in [0.5, 0.6) is 0 Å². The standard InChI is InChI=1S/C20H33BrO2/c1-7-17(3)10-9-16(21)20(6,22-17)11-8-15-14(2)18(4)12-13-19(15,5)23-18/h7,14-16H,1,8-13H2,2-6H3/t14-,15-,16-,17-,18-,19+,20+/m1/s1. The highest BCUT2D eigenvalue weighted by Crippen LogP contribution is 2.59. The van der Waals surface area contributed by atoms with Gasteiger partial charge in [-0.3, -0.25) is 0 Å². The van der Waals surface area contributed by atoms with E-state index in [1.54, 1.807) is 0 Å². The topological polar surface area (TPSA) is 18.5 Å². The molecule has 0 aromatic rings. The van der Waals surface area contributed by atoms with Crippen LogP contribution in [0.1, 0.15) is 73.1 Å². The summed E-state index contributed by atoms with van der Waals surface area (Å²) >= 11 is 3.89. The maximum absolute atomic E-state index is 6.55. The molecule has 3 rings (SSSR count). The van der Waals surface area contributed by atoms with Crippen LogP contribution < -0.4 is 0 Å². The molecule has 3 heterocycles. The zero-order valence-electron chi connectivity index (χ0n) is 15.5. The van der Waals surface area contributed by atoms with Crippen LogP contribution in [0.4, 0.5) is 0 Å². The summed E-state index contributed by atoms with van der Waals surface area (Å²) in [5.41, 5.74) is -0.147. The lowest BCUT2D eigenvalue weighted by molar-refractivity contribution is -0.151. The Morgan fingerprint density at radius 1 is 1.09 bits per heavy atom. The average molecular weight is 385 g/mol. The molecule has 0 saturated carbocycles. The number of rotatable bonds is 4. The van der Waals surface area contributed by atoms with E-state index in [4.69, 9.17) is 9.47 Å². The van der Waals surface area contributed by atoms with Crippen LogP contribution in [0.25, 0.3) is 0 Å². The molecule has 2 bridgehead atoms. The molecule has 3 aliphatic rings. The molecule has 0 N–H and O–H groups in total. The zero-order valence-corrected chi connectivity index (χ0v) is 17.0. The van der Waals surface area contributed by atoms with Crippen molar-refractivity contribution < 1.29 is 9.47 Å². The molecular weight excluding hydrogens is 352 g/mol. The molecule has 0 aliphatic carbocycles. The molecule has 0 aromatic heterocycles. The van der Waals surface area contributed by atoms with Crippen LogP contribution in [0.3, 0.4) is 0 Å². The predicted molar refractivity (Wildman–Crippen MR) is 99.1 cm³/mol. The van der Waals surface area contributed by atoms with Gasteiger partial charge >= 0.3 is 0 Å². The molecular formula is C20H33BrO2. The molecule has 23 heavy (non-hydrogen) atoms. The number of halogens is 1. The lowest BCUT2D eigenvalue weighted by Crippen LogP contribution is -2.51. The van der Waals surface area contributed by atoms with Crippen LogP contribution in [-0.2, 0) is 9.47 Å². The van der Waals surface area contributed by atoms with Gasteiger partial charge in [-0.25, -0.2) is 0 Å². The summed E-state index contributed by atoms with van der Waals surface area (Å²) in [5, 5.41) is 0. The number of alkyl halides is 1. The van der Waals surface area contributed by atoms with Crippen molar-refractivity contribution in [2.75, 3.05) is 0 Å². The minimum absolute atomic E-state index is 0.0722. The van der Waals surface area contributed by atoms with Crippen molar-refractivity contribution in [2.45, 2.75) is 100 Å². The Hall–Kier alpha value is 0.140. The Morgan fingerprint density at radius 3 is 2.30 bits per heavy atom. The summed E-state index contributed by atoms with van der Waals surface area (Å²) in [6.45, 7) is 15.5. The van der Waals surface area contributed by atoms with Crippen molar-refractivity contribution in [2.24, 2.45) is 11.8 Å². The largest absolute Gasteiger partial charge is 0.369 e. The van der Waals surface area contributed by atoms with E-state index in [9.17, 15) is 0 Å². The molecule has 3 saturated heterocycles. The highest BCUT2D eigenvalue weighted by Gasteiger charge is 2.61. The average Bonchev–Trinajstić information content (AvgIpc) is 2.89. The third-order valence-electron chi connectivity index (χ3n) is 7.34. The SMILES string of the molecule is C=C[C@]1(C)CC[C@@H](Br)[C@](C)(CC[C@@H]2[C@@H](C)[C@@]3(C)CC[C@]2(C)O3)O1. The summed E-state index contributed by atoms with van der Waals surface area (Å²) in [6.07, 6.45) is 8.85. The van der Waals surface area contributed by atoms with Gasteiger partial charge in [0.2, 0.25) is 0 Å². The van der Waals surface area contributed by atoms with Gasteiger partial charge in [0, 0.05) is 4.83 Å². The summed E-state index contributed by atoms with van der Waals surface area (Å²) in [5.74, 6) is 1.27. The van der Waals surface area contributed by atoms with E-state index in [2.05, 4.69) is 57.1 Å². The lowest BCUT2D eigenvalue weighted by Gasteiger charge is -2.48. The minimum Gasteiger partial charge on any atom is -0.369 e. The molecule has 0 unspecified atom stereocenters. The van der Waals surface area contributed by atoms with E-state index in [1.807, 2.05) is 6.08 Å². The first-order chi connectivity index (χ1) is 10.6. The monoisotopic (exact) mass is 384 g/mol. The smallest absolute Gasteiger partial charge is 0.0840 e. The number of ether oxygens (including phenoxy) is 2. The first-order valence-corrected chi connectivity index (χ1v) is 10.2. The van der Waals surface area contributed by atoms with Crippen molar-refractivity contribution in [1.82, 2.24) is 0 Å². The molecule has 0 aromatic carbocycles. The van der Waals surface area contributed by atoms with E-state index < -0.39 is 0 Å². The van der Waals surface area contributed by atoms with E-state index in [0.29, 0.717) is 16.7 Å². The van der Waals surface area contributed by atoms with Crippen LogP contribution in [0.15, 0.2) is 12.7 Å². The third-order valence-corrected chi connectivity index (χ3v) is 8.77. The lowest BCUT2D eigenvalue weighted by atomic mass is 9.66. The Morgan fingerprint density at radius 2 is 1.74 bits per heavy atom. The Balaban J connectivity index is 1.71. The Labute approximate surface area is 150 Å². The van der Waals surface area contributed by atoms with Gasteiger partial charge < -0.3 is 9.47 Å². The van der Waals surface area contributed by atoms with E-state index in [0.717, 1.165) is 19.3 Å². The summed E-state index contributed by atoms with van der Waals surface area (Å²) in [6, 6.07) is 0.